The molecule has 8 heteroatoms. The van der Waals surface area contributed by atoms with Gasteiger partial charge in [0.1, 0.15) is 6.10 Å². The van der Waals surface area contributed by atoms with E-state index in [2.05, 4.69) is 0 Å². The quantitative estimate of drug-likeness (QED) is 0.261. The summed E-state index contributed by atoms with van der Waals surface area (Å²) in [7, 11) is -4.73. The minimum absolute atomic E-state index is 0.0366. The fourth-order valence-corrected chi connectivity index (χ4v) is 3.90. The zero-order valence-electron chi connectivity index (χ0n) is 17.4. The summed E-state index contributed by atoms with van der Waals surface area (Å²) in [6.07, 6.45) is 12.4. The number of phosphoric ester groups is 1. The molecule has 29 heavy (non-hydrogen) atoms. The Morgan fingerprint density at radius 3 is 2.48 bits per heavy atom. The number of cyclic esters (lactones) is 1. The molecule has 3 N–H and O–H groups in total. The van der Waals surface area contributed by atoms with Gasteiger partial charge in [-0.2, -0.15) is 0 Å². The number of hydrogen-bond acceptors (Lipinski definition) is 5. The number of esters is 1. The minimum Gasteiger partial charge on any atom is -0.458 e. The van der Waals surface area contributed by atoms with Crippen LogP contribution in [0.15, 0.2) is 48.6 Å². The van der Waals surface area contributed by atoms with Crippen LogP contribution in [0, 0.1) is 17.8 Å². The second-order valence-corrected chi connectivity index (χ2v) is 8.65. The van der Waals surface area contributed by atoms with Gasteiger partial charge in [0.2, 0.25) is 0 Å². The highest BCUT2D eigenvalue weighted by molar-refractivity contribution is 7.46. The zero-order valence-corrected chi connectivity index (χ0v) is 18.3. The molecule has 0 unspecified atom stereocenters. The monoisotopic (exact) mass is 428 g/mol. The Morgan fingerprint density at radius 1 is 1.21 bits per heavy atom. The van der Waals surface area contributed by atoms with E-state index in [-0.39, 0.29) is 23.9 Å². The van der Waals surface area contributed by atoms with Crippen LogP contribution >= 0.6 is 7.82 Å². The molecular formula is C21H33O7P. The van der Waals surface area contributed by atoms with Crippen LogP contribution < -0.4 is 0 Å². The van der Waals surface area contributed by atoms with Gasteiger partial charge < -0.3 is 19.6 Å². The van der Waals surface area contributed by atoms with Crippen molar-refractivity contribution in [1.82, 2.24) is 0 Å². The molecule has 0 saturated heterocycles. The van der Waals surface area contributed by atoms with Gasteiger partial charge in [0.25, 0.3) is 0 Å². The Kier molecular flexibility index (Phi) is 10.8. The van der Waals surface area contributed by atoms with Crippen molar-refractivity contribution in [3.8, 4) is 0 Å². The lowest BCUT2D eigenvalue weighted by molar-refractivity contribution is -0.149. The fraction of sp³-hybridized carbons (Fsp3) is 0.571. The molecule has 0 amide bonds. The van der Waals surface area contributed by atoms with Crippen LogP contribution in [0.2, 0.25) is 0 Å². The normalized spacial score (nSPS) is 24.9. The maximum atomic E-state index is 11.5. The number of ether oxygens (including phenoxy) is 1. The highest BCUT2D eigenvalue weighted by Crippen LogP contribution is 2.41. The molecule has 0 aromatic carbocycles. The summed E-state index contributed by atoms with van der Waals surface area (Å²) in [4.78, 5) is 30.1. The third kappa shape index (κ3) is 9.70. The number of hydrogen-bond donors (Lipinski definition) is 3. The molecule has 0 aromatic rings. The van der Waals surface area contributed by atoms with Crippen LogP contribution in [0.5, 0.6) is 0 Å². The number of rotatable bonds is 11. The lowest BCUT2D eigenvalue weighted by atomic mass is 9.85. The first-order valence-corrected chi connectivity index (χ1v) is 11.3. The Morgan fingerprint density at radius 2 is 1.86 bits per heavy atom. The zero-order chi connectivity index (χ0) is 22.0. The van der Waals surface area contributed by atoms with Gasteiger partial charge in [0.05, 0.1) is 12.2 Å². The van der Waals surface area contributed by atoms with Crippen molar-refractivity contribution < 1.29 is 33.5 Å². The van der Waals surface area contributed by atoms with Crippen molar-refractivity contribution in [3.63, 3.8) is 0 Å². The summed E-state index contributed by atoms with van der Waals surface area (Å²) in [6, 6.07) is 0. The van der Waals surface area contributed by atoms with E-state index < -0.39 is 25.9 Å². The van der Waals surface area contributed by atoms with E-state index in [1.54, 1.807) is 37.3 Å². The second-order valence-electron chi connectivity index (χ2n) is 7.45. The van der Waals surface area contributed by atoms with E-state index in [0.717, 1.165) is 0 Å². The van der Waals surface area contributed by atoms with Gasteiger partial charge in [0.15, 0.2) is 0 Å². The summed E-state index contributed by atoms with van der Waals surface area (Å²) in [5.41, 5.74) is 0. The van der Waals surface area contributed by atoms with E-state index >= 15 is 0 Å². The van der Waals surface area contributed by atoms with Crippen LogP contribution in [0.3, 0.4) is 0 Å². The third-order valence-corrected chi connectivity index (χ3v) is 5.55. The number of aliphatic hydroxyl groups is 1. The van der Waals surface area contributed by atoms with Crippen LogP contribution in [0.1, 0.15) is 40.5 Å². The van der Waals surface area contributed by atoms with Crippen molar-refractivity contribution in [2.24, 2.45) is 17.8 Å². The Bertz CT molecular complexity index is 677. The molecule has 1 heterocycles. The largest absolute Gasteiger partial charge is 0.469 e. The van der Waals surface area contributed by atoms with E-state index in [1.807, 2.05) is 32.9 Å². The number of aliphatic hydroxyl groups excluding tert-OH is 1. The first-order chi connectivity index (χ1) is 13.5. The summed E-state index contributed by atoms with van der Waals surface area (Å²) < 4.78 is 21.8. The first-order valence-electron chi connectivity index (χ1n) is 9.82. The molecular weight excluding hydrogens is 395 g/mol. The van der Waals surface area contributed by atoms with E-state index in [9.17, 15) is 24.3 Å². The smallest absolute Gasteiger partial charge is 0.458 e. The molecule has 1 aliphatic heterocycles. The highest BCUT2D eigenvalue weighted by Gasteiger charge is 2.33. The number of allylic oxidation sites excluding steroid dienone is 5. The second kappa shape index (κ2) is 12.3. The van der Waals surface area contributed by atoms with Gasteiger partial charge >= 0.3 is 13.8 Å². The molecule has 164 valence electrons. The number of carbonyl (C=O) groups excluding carboxylic acids is 1. The number of phosphoric acid groups is 1. The van der Waals surface area contributed by atoms with Crippen LogP contribution in [-0.4, -0.2) is 39.2 Å². The van der Waals surface area contributed by atoms with Crippen LogP contribution in [0.25, 0.3) is 0 Å². The van der Waals surface area contributed by atoms with Crippen molar-refractivity contribution in [2.75, 3.05) is 0 Å². The Labute approximate surface area is 173 Å². The lowest BCUT2D eigenvalue weighted by Crippen LogP contribution is -2.35. The van der Waals surface area contributed by atoms with Crippen molar-refractivity contribution in [3.05, 3.63) is 48.6 Å². The molecule has 7 nitrogen and oxygen atoms in total. The summed E-state index contributed by atoms with van der Waals surface area (Å²) in [5, 5.41) is 10.4. The molecule has 1 aliphatic rings. The van der Waals surface area contributed by atoms with Gasteiger partial charge in [-0.1, -0.05) is 63.3 Å². The predicted molar refractivity (Wildman–Crippen MR) is 112 cm³/mol. The van der Waals surface area contributed by atoms with Crippen molar-refractivity contribution >= 4 is 13.8 Å². The molecule has 0 radical (unpaired) electrons. The van der Waals surface area contributed by atoms with E-state index in [1.165, 1.54) is 6.08 Å². The molecule has 0 saturated carbocycles. The summed E-state index contributed by atoms with van der Waals surface area (Å²) in [6.45, 7) is 7.45. The minimum atomic E-state index is -4.73. The molecule has 0 bridgehead atoms. The van der Waals surface area contributed by atoms with Gasteiger partial charge in [-0.25, -0.2) is 9.36 Å². The van der Waals surface area contributed by atoms with Gasteiger partial charge in [0, 0.05) is 17.9 Å². The van der Waals surface area contributed by atoms with E-state index in [4.69, 9.17) is 9.26 Å². The molecule has 0 aromatic heterocycles. The van der Waals surface area contributed by atoms with E-state index in [0.29, 0.717) is 12.8 Å². The standard InChI is InChI=1S/C21H33O7P/c1-5-6-7-8-9-10-18(22)17(4)19(28-29(24,25)26)13-11-15(2)21-16(3)12-14-20(23)27-21/h5-10,12,14-19,21-22H,11,13H2,1-4H3,(H2,24,25,26)/b6-5+,8-7-,10-9-/t15-,16-,17+,18+,19-,21-/m0/s1. The molecule has 0 spiro atoms. The molecule has 1 rings (SSSR count). The lowest BCUT2D eigenvalue weighted by Gasteiger charge is -2.32. The van der Waals surface area contributed by atoms with Gasteiger partial charge in [-0.05, 0) is 25.7 Å². The predicted octanol–water partition coefficient (Wildman–Crippen LogP) is 3.68. The fourth-order valence-electron chi connectivity index (χ4n) is 3.25. The van der Waals surface area contributed by atoms with Gasteiger partial charge in [-0.3, -0.25) is 4.52 Å². The summed E-state index contributed by atoms with van der Waals surface area (Å²) in [5.74, 6) is -0.917. The number of carbonyl (C=O) groups is 1. The molecule has 6 atom stereocenters. The maximum Gasteiger partial charge on any atom is 0.469 e. The Balaban J connectivity index is 2.77. The molecule has 0 aliphatic carbocycles. The van der Waals surface area contributed by atoms with Crippen LogP contribution in [0.4, 0.5) is 0 Å². The Hall–Kier alpha value is -1.50. The van der Waals surface area contributed by atoms with Gasteiger partial charge in [-0.15, -0.1) is 0 Å². The topological polar surface area (TPSA) is 113 Å². The average Bonchev–Trinajstić information content (AvgIpc) is 2.64. The third-order valence-electron chi connectivity index (χ3n) is 5.01. The SMILES string of the molecule is C/C=C/C=C\C=C/[C@@H](O)[C@@H](C)[C@H](CC[C@H](C)[C@@H]1OC(=O)C=C[C@@H]1C)OP(=O)(O)O. The van der Waals surface area contributed by atoms with Crippen LogP contribution in [-0.2, 0) is 18.6 Å². The van der Waals surface area contributed by atoms with Crippen molar-refractivity contribution in [2.45, 2.75) is 58.8 Å². The molecule has 0 fully saturated rings. The summed E-state index contributed by atoms with van der Waals surface area (Å²) >= 11 is 0. The highest BCUT2D eigenvalue weighted by atomic mass is 31.2. The first kappa shape index (κ1) is 25.5. The average molecular weight is 428 g/mol. The maximum absolute atomic E-state index is 11.5. The van der Waals surface area contributed by atoms with Crippen molar-refractivity contribution in [1.29, 1.82) is 0 Å².